The molecule has 0 fully saturated rings. The van der Waals surface area contributed by atoms with Gasteiger partial charge in [-0.1, -0.05) is 71.1 Å². The predicted molar refractivity (Wildman–Crippen MR) is 87.9 cm³/mol. The molecule has 0 heterocycles. The molecule has 0 aromatic rings. The van der Waals surface area contributed by atoms with Gasteiger partial charge in [0, 0.05) is 0 Å². The van der Waals surface area contributed by atoms with Crippen LogP contribution in [0, 0.1) is 0 Å². The van der Waals surface area contributed by atoms with Gasteiger partial charge in [-0.2, -0.15) is 0 Å². The van der Waals surface area contributed by atoms with E-state index in [0.717, 1.165) is 12.8 Å². The first-order valence-corrected chi connectivity index (χ1v) is 8.39. The molecule has 0 aromatic heterocycles. The van der Waals surface area contributed by atoms with Crippen molar-refractivity contribution in [3.63, 3.8) is 0 Å². The molecule has 0 rings (SSSR count). The molecule has 1 N–H and O–H groups in total. The second kappa shape index (κ2) is 23.7. The first kappa shape index (κ1) is 27.3. The molecule has 0 aliphatic rings. The molecule has 0 saturated carbocycles. The molecular formula is C13H31K2O3P. The zero-order valence-corrected chi connectivity index (χ0v) is 12.2. The molecule has 1 unspecified atom stereocenters. The fourth-order valence-electron chi connectivity index (χ4n) is 1.93. The van der Waals surface area contributed by atoms with Crippen LogP contribution < -0.4 is 0 Å². The van der Waals surface area contributed by atoms with Crippen LogP contribution >= 0.6 is 8.25 Å². The summed E-state index contributed by atoms with van der Waals surface area (Å²) in [6.07, 6.45) is 14.1. The van der Waals surface area contributed by atoms with Crippen molar-refractivity contribution in [2.45, 2.75) is 77.6 Å². The van der Waals surface area contributed by atoms with E-state index in [1.165, 1.54) is 57.8 Å². The Kier molecular flexibility index (Phi) is 34.0. The second-order valence-corrected chi connectivity index (χ2v) is 5.47. The molecule has 0 saturated heterocycles. The molecule has 0 amide bonds. The molecule has 3 nitrogen and oxygen atoms in total. The Hall–Kier alpha value is 3.42. The Morgan fingerprint density at radius 3 is 1.53 bits per heavy atom. The van der Waals surface area contributed by atoms with Crippen molar-refractivity contribution in [3.05, 3.63) is 0 Å². The standard InChI is InChI=1S/C13H29O3P.2K.2H/c1-2-3-4-5-6-7-8-9-10-11-12-13-16-17(14)15;;;;/h17H,2-13H2,1H3,(H,14,15);;;;. The third-order valence-corrected chi connectivity index (χ3v) is 3.42. The van der Waals surface area contributed by atoms with Crippen LogP contribution in [0.3, 0.4) is 0 Å². The van der Waals surface area contributed by atoms with E-state index in [1.54, 1.807) is 0 Å². The van der Waals surface area contributed by atoms with Gasteiger partial charge in [-0.3, -0.25) is 4.57 Å². The molecule has 108 valence electrons. The van der Waals surface area contributed by atoms with Crippen LogP contribution in [-0.4, -0.2) is 114 Å². The topological polar surface area (TPSA) is 46.5 Å². The summed E-state index contributed by atoms with van der Waals surface area (Å²) in [4.78, 5) is 8.44. The van der Waals surface area contributed by atoms with Crippen molar-refractivity contribution >= 4 is 111 Å². The van der Waals surface area contributed by atoms with E-state index in [9.17, 15) is 4.57 Å². The van der Waals surface area contributed by atoms with Crippen molar-refractivity contribution in [1.29, 1.82) is 0 Å². The molecule has 6 heteroatoms. The number of hydrogen-bond donors (Lipinski definition) is 1. The monoisotopic (exact) mass is 344 g/mol. The first-order chi connectivity index (χ1) is 8.27. The van der Waals surface area contributed by atoms with Gasteiger partial charge in [-0.05, 0) is 6.42 Å². The Morgan fingerprint density at radius 2 is 1.16 bits per heavy atom. The van der Waals surface area contributed by atoms with E-state index in [4.69, 9.17) is 4.89 Å². The van der Waals surface area contributed by atoms with E-state index in [-0.39, 0.29) is 103 Å². The SMILES string of the molecule is CCCCCCCCCCCCCO[PH](=O)O.[KH].[KH]. The van der Waals surface area contributed by atoms with Crippen molar-refractivity contribution in [2.75, 3.05) is 6.61 Å². The molecule has 0 spiro atoms. The average molecular weight is 345 g/mol. The van der Waals surface area contributed by atoms with Crippen molar-refractivity contribution in [3.8, 4) is 0 Å². The van der Waals surface area contributed by atoms with Crippen LogP contribution in [-0.2, 0) is 9.09 Å². The molecule has 0 aliphatic carbocycles. The summed E-state index contributed by atoms with van der Waals surface area (Å²) in [7, 11) is -2.70. The zero-order valence-electron chi connectivity index (χ0n) is 11.2. The zero-order chi connectivity index (χ0) is 12.8. The van der Waals surface area contributed by atoms with Crippen LogP contribution in [0.15, 0.2) is 0 Å². The van der Waals surface area contributed by atoms with Gasteiger partial charge in [-0.15, -0.1) is 0 Å². The summed E-state index contributed by atoms with van der Waals surface area (Å²) in [5.41, 5.74) is 0. The summed E-state index contributed by atoms with van der Waals surface area (Å²) in [5, 5.41) is 0. The van der Waals surface area contributed by atoms with Gasteiger partial charge in [-0.25, -0.2) is 0 Å². The van der Waals surface area contributed by atoms with Crippen molar-refractivity contribution in [2.24, 2.45) is 0 Å². The normalized spacial score (nSPS) is 11.5. The second-order valence-electron chi connectivity index (χ2n) is 4.65. The molecule has 19 heavy (non-hydrogen) atoms. The number of hydrogen-bond acceptors (Lipinski definition) is 2. The summed E-state index contributed by atoms with van der Waals surface area (Å²) < 4.78 is 14.9. The molecule has 0 aromatic carbocycles. The predicted octanol–water partition coefficient (Wildman–Crippen LogP) is 3.40. The van der Waals surface area contributed by atoms with E-state index in [1.807, 2.05) is 0 Å². The fraction of sp³-hybridized carbons (Fsp3) is 1.00. The third-order valence-electron chi connectivity index (χ3n) is 2.97. The van der Waals surface area contributed by atoms with E-state index in [2.05, 4.69) is 11.4 Å². The minimum absolute atomic E-state index is 0. The Morgan fingerprint density at radius 1 is 0.789 bits per heavy atom. The van der Waals surface area contributed by atoms with Gasteiger partial charge < -0.3 is 9.42 Å². The third kappa shape index (κ3) is 26.6. The van der Waals surface area contributed by atoms with E-state index < -0.39 is 8.25 Å². The molecule has 0 bridgehead atoms. The maximum absolute atomic E-state index is 10.2. The van der Waals surface area contributed by atoms with Crippen LogP contribution in [0.1, 0.15) is 77.6 Å². The van der Waals surface area contributed by atoms with Crippen LogP contribution in [0.5, 0.6) is 0 Å². The molecule has 1 atom stereocenters. The van der Waals surface area contributed by atoms with E-state index >= 15 is 0 Å². The summed E-state index contributed by atoms with van der Waals surface area (Å²) in [5.74, 6) is 0. The average Bonchev–Trinajstić information content (AvgIpc) is 2.30. The van der Waals surface area contributed by atoms with Gasteiger partial charge in [0.1, 0.15) is 0 Å². The maximum atomic E-state index is 10.2. The minimum atomic E-state index is -2.70. The van der Waals surface area contributed by atoms with Gasteiger partial charge >= 0.3 is 111 Å². The molecule has 0 radical (unpaired) electrons. The molecule has 0 aliphatic heterocycles. The number of unbranched alkanes of at least 4 members (excludes halogenated alkanes) is 10. The number of rotatable bonds is 13. The quantitative estimate of drug-likeness (QED) is 0.316. The van der Waals surface area contributed by atoms with Crippen LogP contribution in [0.4, 0.5) is 0 Å². The van der Waals surface area contributed by atoms with Gasteiger partial charge in [0.15, 0.2) is 0 Å². The van der Waals surface area contributed by atoms with Gasteiger partial charge in [0.05, 0.1) is 6.61 Å². The Labute approximate surface area is 205 Å². The first-order valence-electron chi connectivity index (χ1n) is 7.13. The summed E-state index contributed by atoms with van der Waals surface area (Å²) in [6, 6.07) is 0. The molecular weight excluding hydrogens is 313 g/mol. The van der Waals surface area contributed by atoms with Gasteiger partial charge in [0.25, 0.3) is 0 Å². The fourth-order valence-corrected chi connectivity index (χ4v) is 2.24. The summed E-state index contributed by atoms with van der Waals surface area (Å²) >= 11 is 0. The van der Waals surface area contributed by atoms with Gasteiger partial charge in [0.2, 0.25) is 0 Å². The summed E-state index contributed by atoms with van der Waals surface area (Å²) in [6.45, 7) is 2.68. The van der Waals surface area contributed by atoms with Crippen molar-refractivity contribution < 1.29 is 14.0 Å². The van der Waals surface area contributed by atoms with E-state index in [0.29, 0.717) is 6.61 Å². The Balaban J connectivity index is -0.00000128. The Bertz CT molecular complexity index is 183. The van der Waals surface area contributed by atoms with Crippen LogP contribution in [0.25, 0.3) is 0 Å². The van der Waals surface area contributed by atoms with Crippen LogP contribution in [0.2, 0.25) is 0 Å². The van der Waals surface area contributed by atoms with Crippen molar-refractivity contribution in [1.82, 2.24) is 0 Å².